The summed E-state index contributed by atoms with van der Waals surface area (Å²) < 4.78 is 29.1. The van der Waals surface area contributed by atoms with Crippen LogP contribution in [-0.2, 0) is 16.6 Å². The number of hydrogen-bond acceptors (Lipinski definition) is 4. The third-order valence-electron chi connectivity index (χ3n) is 2.60. The molecule has 0 spiro atoms. The van der Waals surface area contributed by atoms with Gasteiger partial charge in [-0.25, -0.2) is 13.6 Å². The van der Waals surface area contributed by atoms with Crippen molar-refractivity contribution in [2.24, 2.45) is 5.14 Å². The van der Waals surface area contributed by atoms with Crippen LogP contribution in [-0.4, -0.2) is 13.1 Å². The SMILES string of the molecule is Cc1ccc(C)n1NCc1ccc(S(N)(=O)=O)o1. The number of aryl methyl sites for hydroxylation is 2. The summed E-state index contributed by atoms with van der Waals surface area (Å²) in [6.45, 7) is 4.32. The molecule has 2 aromatic heterocycles. The average Bonchev–Trinajstić information content (AvgIpc) is 2.84. The Hall–Kier alpha value is -1.73. The molecule has 2 heterocycles. The average molecular weight is 269 g/mol. The molecule has 0 amide bonds. The molecule has 0 unspecified atom stereocenters. The number of furan rings is 1. The maximum absolute atomic E-state index is 11.0. The monoisotopic (exact) mass is 269 g/mol. The maximum Gasteiger partial charge on any atom is 0.271 e. The second-order valence-electron chi connectivity index (χ2n) is 4.05. The number of hydrogen-bond donors (Lipinski definition) is 2. The summed E-state index contributed by atoms with van der Waals surface area (Å²) in [7, 11) is -3.77. The predicted octanol–water partition coefficient (Wildman–Crippen LogP) is 1.09. The van der Waals surface area contributed by atoms with Crippen LogP contribution in [0.1, 0.15) is 17.1 Å². The first-order valence-electron chi connectivity index (χ1n) is 5.38. The fourth-order valence-electron chi connectivity index (χ4n) is 1.68. The lowest BCUT2D eigenvalue weighted by Crippen LogP contribution is -2.16. The summed E-state index contributed by atoms with van der Waals surface area (Å²) in [4.78, 5) is 0. The van der Waals surface area contributed by atoms with E-state index in [-0.39, 0.29) is 5.09 Å². The van der Waals surface area contributed by atoms with E-state index >= 15 is 0 Å². The van der Waals surface area contributed by atoms with Gasteiger partial charge in [0, 0.05) is 11.4 Å². The van der Waals surface area contributed by atoms with Gasteiger partial charge in [-0.05, 0) is 38.1 Å². The molecule has 3 N–H and O–H groups in total. The molecule has 7 heteroatoms. The summed E-state index contributed by atoms with van der Waals surface area (Å²) >= 11 is 0. The standard InChI is InChI=1S/C11H15N3O3S/c1-8-3-4-9(2)14(8)13-7-10-5-6-11(17-10)18(12,15)16/h3-6,13H,7H2,1-2H3,(H2,12,15,16). The van der Waals surface area contributed by atoms with Gasteiger partial charge in [-0.3, -0.25) is 4.68 Å². The molecule has 0 saturated carbocycles. The zero-order valence-corrected chi connectivity index (χ0v) is 11.0. The lowest BCUT2D eigenvalue weighted by molar-refractivity contribution is 0.415. The van der Waals surface area contributed by atoms with Gasteiger partial charge in [0.05, 0.1) is 6.54 Å². The van der Waals surface area contributed by atoms with Gasteiger partial charge < -0.3 is 9.84 Å². The van der Waals surface area contributed by atoms with Crippen LogP contribution in [0.4, 0.5) is 0 Å². The zero-order chi connectivity index (χ0) is 13.3. The number of primary sulfonamides is 1. The zero-order valence-electron chi connectivity index (χ0n) is 10.2. The molecule has 0 bridgehead atoms. The Morgan fingerprint density at radius 3 is 2.33 bits per heavy atom. The molecule has 0 aromatic carbocycles. The number of rotatable bonds is 4. The van der Waals surface area contributed by atoms with E-state index in [9.17, 15) is 8.42 Å². The van der Waals surface area contributed by atoms with Crippen molar-refractivity contribution >= 4 is 10.0 Å². The van der Waals surface area contributed by atoms with Crippen LogP contribution in [0.2, 0.25) is 0 Å². The summed E-state index contributed by atoms with van der Waals surface area (Å²) in [5, 5.41) is 4.74. The highest BCUT2D eigenvalue weighted by Gasteiger charge is 2.13. The quantitative estimate of drug-likeness (QED) is 0.869. The second kappa shape index (κ2) is 4.51. The van der Waals surface area contributed by atoms with Crippen molar-refractivity contribution in [2.75, 3.05) is 5.43 Å². The van der Waals surface area contributed by atoms with Crippen LogP contribution in [0, 0.1) is 13.8 Å². The molecule has 0 radical (unpaired) electrons. The van der Waals surface area contributed by atoms with Crippen LogP contribution in [0.3, 0.4) is 0 Å². The van der Waals surface area contributed by atoms with Gasteiger partial charge in [-0.1, -0.05) is 0 Å². The van der Waals surface area contributed by atoms with Crippen molar-refractivity contribution in [1.29, 1.82) is 0 Å². The Balaban J connectivity index is 2.10. The van der Waals surface area contributed by atoms with E-state index in [0.717, 1.165) is 11.4 Å². The highest BCUT2D eigenvalue weighted by molar-refractivity contribution is 7.89. The Bertz CT molecular complexity index is 635. The first-order chi connectivity index (χ1) is 8.38. The van der Waals surface area contributed by atoms with Crippen LogP contribution in [0.25, 0.3) is 0 Å². The fourth-order valence-corrected chi connectivity index (χ4v) is 2.16. The number of aromatic nitrogens is 1. The van der Waals surface area contributed by atoms with Crippen molar-refractivity contribution < 1.29 is 12.8 Å². The van der Waals surface area contributed by atoms with E-state index in [1.807, 2.05) is 30.7 Å². The maximum atomic E-state index is 11.0. The predicted molar refractivity (Wildman–Crippen MR) is 67.1 cm³/mol. The Morgan fingerprint density at radius 2 is 1.83 bits per heavy atom. The highest BCUT2D eigenvalue weighted by atomic mass is 32.2. The molecule has 0 aliphatic rings. The Kier molecular flexibility index (Phi) is 3.18. The topological polar surface area (TPSA) is 90.3 Å². The second-order valence-corrected chi connectivity index (χ2v) is 5.54. The number of nitrogens with zero attached hydrogens (tertiary/aromatic N) is 1. The normalized spacial score (nSPS) is 11.7. The van der Waals surface area contributed by atoms with E-state index in [1.54, 1.807) is 6.07 Å². The molecule has 0 saturated heterocycles. The molecule has 98 valence electrons. The van der Waals surface area contributed by atoms with Gasteiger partial charge in [0.15, 0.2) is 0 Å². The third kappa shape index (κ3) is 2.57. The van der Waals surface area contributed by atoms with E-state index in [2.05, 4.69) is 5.43 Å². The minimum Gasteiger partial charge on any atom is -0.446 e. The van der Waals surface area contributed by atoms with Gasteiger partial charge in [-0.15, -0.1) is 0 Å². The van der Waals surface area contributed by atoms with Gasteiger partial charge in [0.2, 0.25) is 5.09 Å². The minimum absolute atomic E-state index is 0.222. The molecule has 0 atom stereocenters. The highest BCUT2D eigenvalue weighted by Crippen LogP contribution is 2.13. The van der Waals surface area contributed by atoms with Crippen LogP contribution in [0.5, 0.6) is 0 Å². The minimum atomic E-state index is -3.77. The number of nitrogens with two attached hydrogens (primary N) is 1. The third-order valence-corrected chi connectivity index (χ3v) is 3.38. The van der Waals surface area contributed by atoms with E-state index < -0.39 is 10.0 Å². The molecule has 6 nitrogen and oxygen atoms in total. The van der Waals surface area contributed by atoms with Gasteiger partial charge >= 0.3 is 0 Å². The molecule has 0 aliphatic carbocycles. The van der Waals surface area contributed by atoms with Crippen molar-refractivity contribution in [3.8, 4) is 0 Å². The van der Waals surface area contributed by atoms with Crippen LogP contribution in [0.15, 0.2) is 33.8 Å². The van der Waals surface area contributed by atoms with Gasteiger partial charge in [0.25, 0.3) is 10.0 Å². The largest absolute Gasteiger partial charge is 0.446 e. The number of nitrogens with one attached hydrogen (secondary N) is 1. The lowest BCUT2D eigenvalue weighted by atomic mass is 10.4. The molecular weight excluding hydrogens is 254 g/mol. The van der Waals surface area contributed by atoms with Gasteiger partial charge in [0.1, 0.15) is 5.76 Å². The smallest absolute Gasteiger partial charge is 0.271 e. The summed E-state index contributed by atoms with van der Waals surface area (Å²) in [6, 6.07) is 6.91. The van der Waals surface area contributed by atoms with Crippen molar-refractivity contribution in [1.82, 2.24) is 4.68 Å². The molecule has 18 heavy (non-hydrogen) atoms. The molecule has 0 aliphatic heterocycles. The Labute approximate surface area is 105 Å². The van der Waals surface area contributed by atoms with E-state index in [0.29, 0.717) is 12.3 Å². The molecule has 0 fully saturated rings. The van der Waals surface area contributed by atoms with Crippen molar-refractivity contribution in [2.45, 2.75) is 25.5 Å². The van der Waals surface area contributed by atoms with E-state index in [4.69, 9.17) is 9.56 Å². The first kappa shape index (κ1) is 12.7. The molecule has 2 aromatic rings. The first-order valence-corrected chi connectivity index (χ1v) is 6.93. The summed E-state index contributed by atoms with van der Waals surface area (Å²) in [5.74, 6) is 0.506. The fraction of sp³-hybridized carbons (Fsp3) is 0.273. The molecule has 2 rings (SSSR count). The summed E-state index contributed by atoms with van der Waals surface area (Å²) in [6.07, 6.45) is 0. The molecular formula is C11H15N3O3S. The van der Waals surface area contributed by atoms with Crippen molar-refractivity contribution in [3.63, 3.8) is 0 Å². The van der Waals surface area contributed by atoms with Crippen molar-refractivity contribution in [3.05, 3.63) is 41.4 Å². The Morgan fingerprint density at radius 1 is 1.22 bits per heavy atom. The summed E-state index contributed by atoms with van der Waals surface area (Å²) in [5.41, 5.74) is 5.25. The lowest BCUT2D eigenvalue weighted by Gasteiger charge is -2.10. The van der Waals surface area contributed by atoms with Crippen LogP contribution < -0.4 is 10.6 Å². The van der Waals surface area contributed by atoms with E-state index in [1.165, 1.54) is 6.07 Å². The van der Waals surface area contributed by atoms with Gasteiger partial charge in [-0.2, -0.15) is 0 Å². The van der Waals surface area contributed by atoms with Crippen LogP contribution >= 0.6 is 0 Å². The number of sulfonamides is 1.